The van der Waals surface area contributed by atoms with Crippen LogP contribution in [-0.2, 0) is 6.61 Å². The van der Waals surface area contributed by atoms with Gasteiger partial charge in [0.05, 0.1) is 16.1 Å². The predicted octanol–water partition coefficient (Wildman–Crippen LogP) is 5.00. The SMILES string of the molecule is COc1ccc(C(C)=O)cc1COc1c(Br)cccc1Br. The zero-order valence-corrected chi connectivity index (χ0v) is 14.8. The lowest BCUT2D eigenvalue weighted by molar-refractivity contribution is 0.101. The molecule has 0 aliphatic heterocycles. The molecule has 0 heterocycles. The Labute approximate surface area is 140 Å². The number of para-hydroxylation sites is 1. The van der Waals surface area contributed by atoms with E-state index in [1.165, 1.54) is 6.92 Å². The molecular formula is C16H14Br2O3. The fourth-order valence-electron chi connectivity index (χ4n) is 1.88. The summed E-state index contributed by atoms with van der Waals surface area (Å²) >= 11 is 6.91. The Morgan fingerprint density at radius 3 is 2.38 bits per heavy atom. The second-order valence-corrected chi connectivity index (χ2v) is 6.13. The van der Waals surface area contributed by atoms with Crippen molar-refractivity contribution in [2.24, 2.45) is 0 Å². The summed E-state index contributed by atoms with van der Waals surface area (Å²) in [5, 5.41) is 0. The van der Waals surface area contributed by atoms with Crippen LogP contribution in [0, 0.1) is 0 Å². The fraction of sp³-hybridized carbons (Fsp3) is 0.188. The third kappa shape index (κ3) is 3.86. The van der Waals surface area contributed by atoms with E-state index in [4.69, 9.17) is 9.47 Å². The molecule has 2 rings (SSSR count). The standard InChI is InChI=1S/C16H14Br2O3/c1-10(19)11-6-7-15(20-2)12(8-11)9-21-16-13(17)4-3-5-14(16)18/h3-8H,9H2,1-2H3. The van der Waals surface area contributed by atoms with Gasteiger partial charge in [-0.3, -0.25) is 4.79 Å². The van der Waals surface area contributed by atoms with E-state index < -0.39 is 0 Å². The smallest absolute Gasteiger partial charge is 0.159 e. The van der Waals surface area contributed by atoms with Crippen LogP contribution in [0.2, 0.25) is 0 Å². The summed E-state index contributed by atoms with van der Waals surface area (Å²) in [4.78, 5) is 11.5. The van der Waals surface area contributed by atoms with Gasteiger partial charge in [-0.1, -0.05) is 6.07 Å². The minimum atomic E-state index is 0.0148. The maximum atomic E-state index is 11.5. The Hall–Kier alpha value is -1.33. The summed E-state index contributed by atoms with van der Waals surface area (Å²) in [6.45, 7) is 1.85. The van der Waals surface area contributed by atoms with Crippen LogP contribution in [0.15, 0.2) is 45.3 Å². The molecule has 21 heavy (non-hydrogen) atoms. The van der Waals surface area contributed by atoms with E-state index in [1.807, 2.05) is 18.2 Å². The van der Waals surface area contributed by atoms with Gasteiger partial charge in [-0.05, 0) is 69.1 Å². The molecule has 0 saturated carbocycles. The fourth-order valence-corrected chi connectivity index (χ4v) is 3.11. The molecule has 0 amide bonds. The topological polar surface area (TPSA) is 35.5 Å². The normalized spacial score (nSPS) is 10.3. The average molecular weight is 414 g/mol. The number of hydrogen-bond donors (Lipinski definition) is 0. The molecule has 2 aromatic carbocycles. The number of carbonyl (C=O) groups is 1. The first-order chi connectivity index (χ1) is 10.0. The highest BCUT2D eigenvalue weighted by Gasteiger charge is 2.11. The van der Waals surface area contributed by atoms with Gasteiger partial charge in [0.1, 0.15) is 18.1 Å². The monoisotopic (exact) mass is 412 g/mol. The first-order valence-electron chi connectivity index (χ1n) is 6.27. The lowest BCUT2D eigenvalue weighted by atomic mass is 10.1. The van der Waals surface area contributed by atoms with E-state index in [-0.39, 0.29) is 5.78 Å². The van der Waals surface area contributed by atoms with E-state index >= 15 is 0 Å². The van der Waals surface area contributed by atoms with E-state index in [1.54, 1.807) is 25.3 Å². The van der Waals surface area contributed by atoms with Gasteiger partial charge in [-0.25, -0.2) is 0 Å². The number of hydrogen-bond acceptors (Lipinski definition) is 3. The molecule has 0 fully saturated rings. The maximum Gasteiger partial charge on any atom is 0.159 e. The number of carbonyl (C=O) groups excluding carboxylic acids is 1. The largest absolute Gasteiger partial charge is 0.496 e. The average Bonchev–Trinajstić information content (AvgIpc) is 2.46. The molecule has 0 aromatic heterocycles. The summed E-state index contributed by atoms with van der Waals surface area (Å²) in [7, 11) is 1.60. The Kier molecular flexibility index (Phi) is 5.42. The van der Waals surface area contributed by atoms with Crippen molar-refractivity contribution < 1.29 is 14.3 Å². The van der Waals surface area contributed by atoms with Crippen molar-refractivity contribution >= 4 is 37.6 Å². The van der Waals surface area contributed by atoms with Crippen LogP contribution in [-0.4, -0.2) is 12.9 Å². The third-order valence-electron chi connectivity index (χ3n) is 2.98. The van der Waals surface area contributed by atoms with Crippen LogP contribution in [0.5, 0.6) is 11.5 Å². The Morgan fingerprint density at radius 1 is 1.14 bits per heavy atom. The van der Waals surface area contributed by atoms with Gasteiger partial charge in [-0.2, -0.15) is 0 Å². The van der Waals surface area contributed by atoms with Gasteiger partial charge in [-0.15, -0.1) is 0 Å². The molecule has 0 N–H and O–H groups in total. The second kappa shape index (κ2) is 7.09. The summed E-state index contributed by atoms with van der Waals surface area (Å²) < 4.78 is 12.9. The molecule has 0 bridgehead atoms. The van der Waals surface area contributed by atoms with Crippen molar-refractivity contribution in [3.8, 4) is 11.5 Å². The second-order valence-electron chi connectivity index (χ2n) is 4.42. The first-order valence-corrected chi connectivity index (χ1v) is 7.86. The maximum absolute atomic E-state index is 11.5. The Balaban J connectivity index is 2.26. The van der Waals surface area contributed by atoms with Crippen molar-refractivity contribution in [2.45, 2.75) is 13.5 Å². The van der Waals surface area contributed by atoms with Crippen molar-refractivity contribution in [3.05, 3.63) is 56.5 Å². The summed E-state index contributed by atoms with van der Waals surface area (Å²) in [5.41, 5.74) is 1.47. The number of methoxy groups -OCH3 is 1. The van der Waals surface area contributed by atoms with Crippen molar-refractivity contribution in [3.63, 3.8) is 0 Å². The van der Waals surface area contributed by atoms with Gasteiger partial charge in [0.2, 0.25) is 0 Å². The molecule has 0 aliphatic rings. The Bertz CT molecular complexity index is 648. The van der Waals surface area contributed by atoms with Crippen LogP contribution in [0.25, 0.3) is 0 Å². The quantitative estimate of drug-likeness (QED) is 0.647. The number of rotatable bonds is 5. The van der Waals surface area contributed by atoms with E-state index in [0.717, 1.165) is 14.5 Å². The van der Waals surface area contributed by atoms with E-state index in [0.29, 0.717) is 23.7 Å². The van der Waals surface area contributed by atoms with E-state index in [2.05, 4.69) is 31.9 Å². The highest BCUT2D eigenvalue weighted by molar-refractivity contribution is 9.11. The van der Waals surface area contributed by atoms with Crippen LogP contribution < -0.4 is 9.47 Å². The van der Waals surface area contributed by atoms with Crippen LogP contribution >= 0.6 is 31.9 Å². The van der Waals surface area contributed by atoms with E-state index in [9.17, 15) is 4.79 Å². The van der Waals surface area contributed by atoms with Crippen molar-refractivity contribution in [1.82, 2.24) is 0 Å². The number of benzene rings is 2. The van der Waals surface area contributed by atoms with Gasteiger partial charge < -0.3 is 9.47 Å². The molecule has 0 radical (unpaired) electrons. The van der Waals surface area contributed by atoms with Crippen LogP contribution in [0.3, 0.4) is 0 Å². The highest BCUT2D eigenvalue weighted by atomic mass is 79.9. The lowest BCUT2D eigenvalue weighted by Gasteiger charge is -2.13. The number of Topliss-reactive ketones (excluding diaryl/α,β-unsaturated/α-hetero) is 1. The molecule has 0 saturated heterocycles. The van der Waals surface area contributed by atoms with Gasteiger partial charge in [0.15, 0.2) is 5.78 Å². The first kappa shape index (κ1) is 16.0. The molecular weight excluding hydrogens is 400 g/mol. The zero-order valence-electron chi connectivity index (χ0n) is 11.7. The molecule has 0 aliphatic carbocycles. The minimum absolute atomic E-state index is 0.0148. The molecule has 5 heteroatoms. The van der Waals surface area contributed by atoms with Gasteiger partial charge in [0, 0.05) is 11.1 Å². The predicted molar refractivity (Wildman–Crippen MR) is 89.2 cm³/mol. The summed E-state index contributed by atoms with van der Waals surface area (Å²) in [5.74, 6) is 1.43. The highest BCUT2D eigenvalue weighted by Crippen LogP contribution is 2.34. The molecule has 3 nitrogen and oxygen atoms in total. The molecule has 2 aromatic rings. The van der Waals surface area contributed by atoms with Crippen LogP contribution in [0.1, 0.15) is 22.8 Å². The molecule has 110 valence electrons. The Morgan fingerprint density at radius 2 is 1.81 bits per heavy atom. The summed E-state index contributed by atoms with van der Waals surface area (Å²) in [6, 6.07) is 11.1. The zero-order chi connectivity index (χ0) is 15.4. The van der Waals surface area contributed by atoms with Crippen LogP contribution in [0.4, 0.5) is 0 Å². The lowest BCUT2D eigenvalue weighted by Crippen LogP contribution is -2.02. The van der Waals surface area contributed by atoms with Gasteiger partial charge >= 0.3 is 0 Å². The van der Waals surface area contributed by atoms with Gasteiger partial charge in [0.25, 0.3) is 0 Å². The third-order valence-corrected chi connectivity index (χ3v) is 4.23. The summed E-state index contributed by atoms with van der Waals surface area (Å²) in [6.07, 6.45) is 0. The molecule has 0 spiro atoms. The minimum Gasteiger partial charge on any atom is -0.496 e. The number of ketones is 1. The molecule has 0 atom stereocenters. The number of halogens is 2. The van der Waals surface area contributed by atoms with Crippen molar-refractivity contribution in [1.29, 1.82) is 0 Å². The number of ether oxygens (including phenoxy) is 2. The molecule has 0 unspecified atom stereocenters. The van der Waals surface area contributed by atoms with Crippen molar-refractivity contribution in [2.75, 3.05) is 7.11 Å².